The van der Waals surface area contributed by atoms with E-state index in [0.29, 0.717) is 23.5 Å². The number of carbonyl (C=O) groups is 2. The normalized spacial score (nSPS) is 11.6. The predicted octanol–water partition coefficient (Wildman–Crippen LogP) is 4.33. The smallest absolute Gasteiger partial charge is 0.312 e. The maximum absolute atomic E-state index is 12.5. The molecular formula is C19H24N2O3S. The molecule has 1 aromatic carbocycles. The number of thiazole rings is 1. The Morgan fingerprint density at radius 2 is 1.88 bits per heavy atom. The van der Waals surface area contributed by atoms with E-state index in [4.69, 9.17) is 9.73 Å². The first-order valence-corrected chi connectivity index (χ1v) is 9.33. The fraction of sp³-hybridized carbons (Fsp3) is 0.421. The van der Waals surface area contributed by atoms with Gasteiger partial charge in [0.1, 0.15) is 0 Å². The molecule has 0 fully saturated rings. The first kappa shape index (κ1) is 19.1. The molecule has 0 amide bonds. The van der Waals surface area contributed by atoms with E-state index in [1.807, 2.05) is 39.0 Å². The lowest BCUT2D eigenvalue weighted by atomic mass is 10.1. The lowest BCUT2D eigenvalue weighted by molar-refractivity contribution is -0.134. The highest BCUT2D eigenvalue weighted by Gasteiger charge is 2.21. The minimum atomic E-state index is -0.358. The SMILES string of the molecule is CCC(=O)Oc1c(CC)sc(=Nc2cc(C)ccc2C)n1C(=O)CC. The van der Waals surface area contributed by atoms with Gasteiger partial charge in [0.2, 0.25) is 11.8 Å². The third-order valence-electron chi connectivity index (χ3n) is 3.80. The molecule has 2 rings (SSSR count). The molecule has 0 bridgehead atoms. The van der Waals surface area contributed by atoms with Gasteiger partial charge in [-0.1, -0.05) is 44.2 Å². The number of rotatable bonds is 5. The van der Waals surface area contributed by atoms with Crippen molar-refractivity contribution < 1.29 is 14.3 Å². The van der Waals surface area contributed by atoms with Crippen LogP contribution in [-0.2, 0) is 11.2 Å². The van der Waals surface area contributed by atoms with E-state index in [2.05, 4.69) is 0 Å². The molecule has 134 valence electrons. The van der Waals surface area contributed by atoms with E-state index in [-0.39, 0.29) is 18.3 Å². The van der Waals surface area contributed by atoms with Gasteiger partial charge >= 0.3 is 5.97 Å². The molecule has 0 radical (unpaired) electrons. The zero-order valence-electron chi connectivity index (χ0n) is 15.4. The van der Waals surface area contributed by atoms with Crippen molar-refractivity contribution in [2.45, 2.75) is 53.9 Å². The summed E-state index contributed by atoms with van der Waals surface area (Å²) in [5, 5.41) is 0. The Labute approximate surface area is 152 Å². The quantitative estimate of drug-likeness (QED) is 0.746. The highest BCUT2D eigenvalue weighted by molar-refractivity contribution is 7.09. The largest absolute Gasteiger partial charge is 0.408 e. The molecule has 0 unspecified atom stereocenters. The molecular weight excluding hydrogens is 336 g/mol. The van der Waals surface area contributed by atoms with Crippen molar-refractivity contribution >= 4 is 28.9 Å². The molecule has 0 spiro atoms. The summed E-state index contributed by atoms with van der Waals surface area (Å²) in [5.41, 5.74) is 2.94. The summed E-state index contributed by atoms with van der Waals surface area (Å²) in [6.07, 6.45) is 1.22. The van der Waals surface area contributed by atoms with Crippen LogP contribution in [0.15, 0.2) is 23.2 Å². The van der Waals surface area contributed by atoms with Gasteiger partial charge in [-0.3, -0.25) is 9.59 Å². The second-order valence-electron chi connectivity index (χ2n) is 5.78. The Morgan fingerprint density at radius 3 is 2.48 bits per heavy atom. The fourth-order valence-corrected chi connectivity index (χ4v) is 3.32. The van der Waals surface area contributed by atoms with Crippen LogP contribution in [-0.4, -0.2) is 16.4 Å². The maximum atomic E-state index is 12.5. The molecule has 0 aliphatic carbocycles. The Morgan fingerprint density at radius 1 is 1.16 bits per heavy atom. The van der Waals surface area contributed by atoms with Gasteiger partial charge in [0, 0.05) is 12.8 Å². The Bertz CT molecular complexity index is 862. The van der Waals surface area contributed by atoms with Crippen molar-refractivity contribution in [1.29, 1.82) is 0 Å². The molecule has 0 saturated heterocycles. The summed E-state index contributed by atoms with van der Waals surface area (Å²) in [7, 11) is 0. The molecule has 1 heterocycles. The van der Waals surface area contributed by atoms with Crippen LogP contribution < -0.4 is 9.54 Å². The lowest BCUT2D eigenvalue weighted by Gasteiger charge is -2.08. The maximum Gasteiger partial charge on any atom is 0.312 e. The van der Waals surface area contributed by atoms with Crippen LogP contribution in [0.2, 0.25) is 0 Å². The number of aromatic nitrogens is 1. The summed E-state index contributed by atoms with van der Waals surface area (Å²) in [6, 6.07) is 6.02. The molecule has 1 aromatic heterocycles. The first-order valence-electron chi connectivity index (χ1n) is 8.51. The summed E-state index contributed by atoms with van der Waals surface area (Å²) in [6.45, 7) is 9.47. The molecule has 6 heteroatoms. The van der Waals surface area contributed by atoms with Gasteiger partial charge in [0.15, 0.2) is 4.80 Å². The summed E-state index contributed by atoms with van der Waals surface area (Å²) < 4.78 is 6.91. The van der Waals surface area contributed by atoms with E-state index in [9.17, 15) is 9.59 Å². The predicted molar refractivity (Wildman–Crippen MR) is 99.7 cm³/mol. The van der Waals surface area contributed by atoms with Gasteiger partial charge in [0.05, 0.1) is 10.6 Å². The molecule has 2 aromatic rings. The fourth-order valence-electron chi connectivity index (χ4n) is 2.31. The van der Waals surface area contributed by atoms with E-state index >= 15 is 0 Å². The lowest BCUT2D eigenvalue weighted by Crippen LogP contribution is -2.24. The minimum Gasteiger partial charge on any atom is -0.408 e. The second-order valence-corrected chi connectivity index (χ2v) is 6.84. The molecule has 25 heavy (non-hydrogen) atoms. The molecule has 0 aliphatic rings. The van der Waals surface area contributed by atoms with E-state index in [1.54, 1.807) is 13.8 Å². The van der Waals surface area contributed by atoms with Gasteiger partial charge in [-0.2, -0.15) is 0 Å². The van der Waals surface area contributed by atoms with Crippen molar-refractivity contribution in [2.24, 2.45) is 4.99 Å². The monoisotopic (exact) mass is 360 g/mol. The first-order chi connectivity index (χ1) is 11.9. The standard InChI is InChI=1S/C19H24N2O3S/c1-6-15-18(24-17(23)8-3)21(16(22)7-2)19(25-15)20-14-11-12(4)9-10-13(14)5/h9-11H,6-8H2,1-5H3. The molecule has 0 atom stereocenters. The molecule has 5 nitrogen and oxygen atoms in total. The highest BCUT2D eigenvalue weighted by Crippen LogP contribution is 2.25. The number of carbonyl (C=O) groups excluding carboxylic acids is 2. The van der Waals surface area contributed by atoms with Crippen LogP contribution in [0.4, 0.5) is 5.69 Å². The number of nitrogens with zero attached hydrogens (tertiary/aromatic N) is 2. The number of esters is 1. The van der Waals surface area contributed by atoms with E-state index in [1.165, 1.54) is 15.9 Å². The summed E-state index contributed by atoms with van der Waals surface area (Å²) in [4.78, 5) is 30.4. The highest BCUT2D eigenvalue weighted by atomic mass is 32.1. The van der Waals surface area contributed by atoms with Crippen LogP contribution in [0, 0.1) is 13.8 Å². The summed E-state index contributed by atoms with van der Waals surface area (Å²) in [5.74, 6) is -0.183. The molecule has 0 saturated carbocycles. The van der Waals surface area contributed by atoms with Gasteiger partial charge in [-0.15, -0.1) is 0 Å². The van der Waals surface area contributed by atoms with Crippen molar-refractivity contribution in [2.75, 3.05) is 0 Å². The van der Waals surface area contributed by atoms with Crippen molar-refractivity contribution in [3.05, 3.63) is 39.0 Å². The van der Waals surface area contributed by atoms with Crippen LogP contribution in [0.5, 0.6) is 5.88 Å². The van der Waals surface area contributed by atoms with E-state index in [0.717, 1.165) is 21.7 Å². The number of ether oxygens (including phenoxy) is 1. The molecule has 0 aliphatic heterocycles. The topological polar surface area (TPSA) is 60.7 Å². The van der Waals surface area contributed by atoms with Gasteiger partial charge in [-0.25, -0.2) is 9.56 Å². The van der Waals surface area contributed by atoms with Crippen molar-refractivity contribution in [1.82, 2.24) is 4.57 Å². The molecule has 0 N–H and O–H groups in total. The zero-order valence-corrected chi connectivity index (χ0v) is 16.2. The Balaban J connectivity index is 2.72. The Kier molecular flexibility index (Phi) is 6.31. The minimum absolute atomic E-state index is 0.140. The van der Waals surface area contributed by atoms with Crippen LogP contribution in [0.25, 0.3) is 0 Å². The third kappa shape index (κ3) is 4.25. The number of aryl methyl sites for hydroxylation is 3. The summed E-state index contributed by atoms with van der Waals surface area (Å²) >= 11 is 1.39. The van der Waals surface area contributed by atoms with Crippen LogP contribution in [0.3, 0.4) is 0 Å². The van der Waals surface area contributed by atoms with Gasteiger partial charge < -0.3 is 4.74 Å². The number of benzene rings is 1. The van der Waals surface area contributed by atoms with Crippen LogP contribution >= 0.6 is 11.3 Å². The number of hydrogen-bond acceptors (Lipinski definition) is 5. The van der Waals surface area contributed by atoms with E-state index < -0.39 is 0 Å². The third-order valence-corrected chi connectivity index (χ3v) is 4.97. The van der Waals surface area contributed by atoms with Crippen LogP contribution in [0.1, 0.15) is 54.4 Å². The van der Waals surface area contributed by atoms with Gasteiger partial charge in [-0.05, 0) is 37.5 Å². The second kappa shape index (κ2) is 8.25. The zero-order chi connectivity index (χ0) is 18.6. The average Bonchev–Trinajstić information content (AvgIpc) is 2.94. The number of hydrogen-bond donors (Lipinski definition) is 0. The van der Waals surface area contributed by atoms with Crippen molar-refractivity contribution in [3.63, 3.8) is 0 Å². The average molecular weight is 360 g/mol. The Hall–Kier alpha value is -2.21. The van der Waals surface area contributed by atoms with Gasteiger partial charge in [0.25, 0.3) is 0 Å². The van der Waals surface area contributed by atoms with Crippen molar-refractivity contribution in [3.8, 4) is 5.88 Å².